The number of nitrogens with two attached hydrogens (primary N) is 1. The van der Waals surface area contributed by atoms with Gasteiger partial charge in [-0.2, -0.15) is 0 Å². The standard InChI is InChI=1S/C14H14FN3/c1-10-2-6-12(7-3-10)17-14(16)18-13-8-4-11(15)5-9-13/h2-9H,1H3,(H3,16,17,18). The van der Waals surface area contributed by atoms with E-state index in [1.54, 1.807) is 12.1 Å². The fourth-order valence-corrected chi connectivity index (χ4v) is 1.47. The van der Waals surface area contributed by atoms with Crippen molar-refractivity contribution in [2.75, 3.05) is 5.32 Å². The van der Waals surface area contributed by atoms with E-state index in [0.717, 1.165) is 5.69 Å². The van der Waals surface area contributed by atoms with Crippen LogP contribution in [0.5, 0.6) is 0 Å². The molecule has 2 aromatic rings. The summed E-state index contributed by atoms with van der Waals surface area (Å²) < 4.78 is 12.7. The Morgan fingerprint density at radius 2 is 1.67 bits per heavy atom. The molecule has 4 heteroatoms. The van der Waals surface area contributed by atoms with Crippen LogP contribution in [-0.4, -0.2) is 5.96 Å². The number of rotatable bonds is 2. The number of guanidine groups is 1. The molecule has 0 radical (unpaired) electrons. The average molecular weight is 243 g/mol. The summed E-state index contributed by atoms with van der Waals surface area (Å²) in [5.74, 6) is -0.0138. The summed E-state index contributed by atoms with van der Waals surface area (Å²) in [4.78, 5) is 4.21. The van der Waals surface area contributed by atoms with E-state index < -0.39 is 0 Å². The summed E-state index contributed by atoms with van der Waals surface area (Å²) in [6.45, 7) is 2.01. The summed E-state index contributed by atoms with van der Waals surface area (Å²) in [5, 5.41) is 2.89. The lowest BCUT2D eigenvalue weighted by atomic mass is 10.2. The second kappa shape index (κ2) is 5.31. The molecule has 3 N–H and O–H groups in total. The summed E-state index contributed by atoms with van der Waals surface area (Å²) in [5.41, 5.74) is 8.39. The van der Waals surface area contributed by atoms with Crippen LogP contribution in [-0.2, 0) is 0 Å². The summed E-state index contributed by atoms with van der Waals surface area (Å²) >= 11 is 0. The topological polar surface area (TPSA) is 50.4 Å². The molecular formula is C14H14FN3. The molecule has 0 fully saturated rings. The minimum Gasteiger partial charge on any atom is -0.369 e. The minimum absolute atomic E-state index is 0.269. The zero-order valence-electron chi connectivity index (χ0n) is 10.0. The molecule has 0 saturated carbocycles. The van der Waals surface area contributed by atoms with Gasteiger partial charge < -0.3 is 11.1 Å². The zero-order valence-corrected chi connectivity index (χ0v) is 10.0. The van der Waals surface area contributed by atoms with E-state index in [4.69, 9.17) is 5.73 Å². The highest BCUT2D eigenvalue weighted by molar-refractivity contribution is 5.93. The van der Waals surface area contributed by atoms with E-state index in [2.05, 4.69) is 10.3 Å². The van der Waals surface area contributed by atoms with Gasteiger partial charge >= 0.3 is 0 Å². The molecule has 0 heterocycles. The highest BCUT2D eigenvalue weighted by Crippen LogP contribution is 2.13. The van der Waals surface area contributed by atoms with Crippen LogP contribution in [0, 0.1) is 12.7 Å². The lowest BCUT2D eigenvalue weighted by Crippen LogP contribution is -2.21. The quantitative estimate of drug-likeness (QED) is 0.628. The summed E-state index contributed by atoms with van der Waals surface area (Å²) in [6.07, 6.45) is 0. The molecule has 0 bridgehead atoms. The number of halogens is 1. The van der Waals surface area contributed by atoms with Crippen molar-refractivity contribution >= 4 is 17.3 Å². The lowest BCUT2D eigenvalue weighted by Gasteiger charge is -2.05. The maximum absolute atomic E-state index is 12.7. The van der Waals surface area contributed by atoms with Gasteiger partial charge in [-0.3, -0.25) is 0 Å². The number of nitrogens with one attached hydrogen (secondary N) is 1. The van der Waals surface area contributed by atoms with Crippen LogP contribution in [0.2, 0.25) is 0 Å². The molecule has 0 saturated heterocycles. The molecule has 18 heavy (non-hydrogen) atoms. The maximum atomic E-state index is 12.7. The van der Waals surface area contributed by atoms with E-state index >= 15 is 0 Å². The van der Waals surface area contributed by atoms with E-state index in [-0.39, 0.29) is 11.8 Å². The molecule has 0 aromatic heterocycles. The Labute approximate surface area is 105 Å². The molecule has 0 aliphatic rings. The average Bonchev–Trinajstić information content (AvgIpc) is 2.35. The number of aryl methyl sites for hydroxylation is 1. The van der Waals surface area contributed by atoms with Crippen LogP contribution >= 0.6 is 0 Å². The number of anilines is 1. The summed E-state index contributed by atoms with van der Waals surface area (Å²) in [6, 6.07) is 13.6. The largest absolute Gasteiger partial charge is 0.369 e. The molecule has 0 unspecified atom stereocenters. The molecule has 0 atom stereocenters. The Kier molecular flexibility index (Phi) is 3.57. The Balaban J connectivity index is 2.09. The lowest BCUT2D eigenvalue weighted by molar-refractivity contribution is 0.628. The van der Waals surface area contributed by atoms with Gasteiger partial charge in [-0.1, -0.05) is 17.7 Å². The van der Waals surface area contributed by atoms with Gasteiger partial charge in [-0.25, -0.2) is 9.38 Å². The first-order valence-corrected chi connectivity index (χ1v) is 5.57. The van der Waals surface area contributed by atoms with Crippen molar-refractivity contribution in [2.24, 2.45) is 10.7 Å². The molecular weight excluding hydrogens is 229 g/mol. The highest BCUT2D eigenvalue weighted by atomic mass is 19.1. The van der Waals surface area contributed by atoms with E-state index in [0.29, 0.717) is 5.69 Å². The van der Waals surface area contributed by atoms with Crippen molar-refractivity contribution in [2.45, 2.75) is 6.92 Å². The first-order chi connectivity index (χ1) is 8.63. The zero-order chi connectivity index (χ0) is 13.0. The smallest absolute Gasteiger partial charge is 0.198 e. The number of aliphatic imine (C=N–C) groups is 1. The first-order valence-electron chi connectivity index (χ1n) is 5.57. The monoisotopic (exact) mass is 243 g/mol. The van der Waals surface area contributed by atoms with Crippen LogP contribution in [0.1, 0.15) is 5.56 Å². The van der Waals surface area contributed by atoms with Crippen LogP contribution in [0.3, 0.4) is 0 Å². The van der Waals surface area contributed by atoms with E-state index in [1.807, 2.05) is 31.2 Å². The second-order valence-corrected chi connectivity index (χ2v) is 3.96. The van der Waals surface area contributed by atoms with Gasteiger partial charge in [0.2, 0.25) is 0 Å². The Hall–Kier alpha value is -2.36. The van der Waals surface area contributed by atoms with Gasteiger partial charge in [0.05, 0.1) is 5.69 Å². The van der Waals surface area contributed by atoms with Crippen molar-refractivity contribution < 1.29 is 4.39 Å². The van der Waals surface area contributed by atoms with Gasteiger partial charge in [-0.05, 0) is 43.3 Å². The number of hydrogen-bond donors (Lipinski definition) is 2. The van der Waals surface area contributed by atoms with E-state index in [1.165, 1.54) is 17.7 Å². The Morgan fingerprint density at radius 1 is 1.06 bits per heavy atom. The molecule has 0 aliphatic heterocycles. The van der Waals surface area contributed by atoms with E-state index in [9.17, 15) is 4.39 Å². The predicted octanol–water partition coefficient (Wildman–Crippen LogP) is 3.19. The van der Waals surface area contributed by atoms with Gasteiger partial charge in [0.25, 0.3) is 0 Å². The fraction of sp³-hybridized carbons (Fsp3) is 0.0714. The molecule has 2 aromatic carbocycles. The number of hydrogen-bond acceptors (Lipinski definition) is 1. The third kappa shape index (κ3) is 3.31. The first kappa shape index (κ1) is 12.1. The normalized spacial score (nSPS) is 11.3. The van der Waals surface area contributed by atoms with Crippen molar-refractivity contribution in [1.29, 1.82) is 0 Å². The third-order valence-corrected chi connectivity index (χ3v) is 2.40. The third-order valence-electron chi connectivity index (χ3n) is 2.40. The van der Waals surface area contributed by atoms with Gasteiger partial charge in [0.1, 0.15) is 5.82 Å². The molecule has 0 amide bonds. The van der Waals surface area contributed by atoms with Crippen molar-refractivity contribution in [3.05, 3.63) is 59.9 Å². The van der Waals surface area contributed by atoms with Crippen LogP contribution in [0.4, 0.5) is 15.8 Å². The van der Waals surface area contributed by atoms with Gasteiger partial charge in [0, 0.05) is 5.69 Å². The van der Waals surface area contributed by atoms with Crippen LogP contribution < -0.4 is 11.1 Å². The highest BCUT2D eigenvalue weighted by Gasteiger charge is 1.96. The minimum atomic E-state index is -0.283. The Morgan fingerprint density at radius 3 is 2.28 bits per heavy atom. The number of benzene rings is 2. The SMILES string of the molecule is Cc1ccc(N=C(N)Nc2ccc(F)cc2)cc1. The van der Waals surface area contributed by atoms with Gasteiger partial charge in [0.15, 0.2) is 5.96 Å². The van der Waals surface area contributed by atoms with Crippen molar-refractivity contribution in [1.82, 2.24) is 0 Å². The van der Waals surface area contributed by atoms with Crippen molar-refractivity contribution in [3.8, 4) is 0 Å². The fourth-order valence-electron chi connectivity index (χ4n) is 1.47. The van der Waals surface area contributed by atoms with Gasteiger partial charge in [-0.15, -0.1) is 0 Å². The molecule has 0 spiro atoms. The molecule has 0 aliphatic carbocycles. The molecule has 92 valence electrons. The van der Waals surface area contributed by atoms with Crippen molar-refractivity contribution in [3.63, 3.8) is 0 Å². The predicted molar refractivity (Wildman–Crippen MR) is 72.5 cm³/mol. The molecule has 3 nitrogen and oxygen atoms in total. The van der Waals surface area contributed by atoms with Crippen LogP contribution in [0.15, 0.2) is 53.5 Å². The molecule has 2 rings (SSSR count). The van der Waals surface area contributed by atoms with Crippen LogP contribution in [0.25, 0.3) is 0 Å². The maximum Gasteiger partial charge on any atom is 0.198 e. The second-order valence-electron chi connectivity index (χ2n) is 3.96. The summed E-state index contributed by atoms with van der Waals surface area (Å²) in [7, 11) is 0. The Bertz CT molecular complexity index is 544. The number of nitrogens with zero attached hydrogens (tertiary/aromatic N) is 1.